The van der Waals surface area contributed by atoms with Crippen molar-refractivity contribution in [1.82, 2.24) is 20.1 Å². The molecule has 0 bridgehead atoms. The lowest BCUT2D eigenvalue weighted by Gasteiger charge is -2.25. The summed E-state index contributed by atoms with van der Waals surface area (Å²) in [5.74, 6) is 0. The Bertz CT molecular complexity index is 752. The summed E-state index contributed by atoms with van der Waals surface area (Å²) < 4.78 is 0. The van der Waals surface area contributed by atoms with Crippen LogP contribution in [0, 0.1) is 0 Å². The van der Waals surface area contributed by atoms with E-state index in [1.165, 1.54) is 5.56 Å². The second-order valence-corrected chi connectivity index (χ2v) is 6.09. The highest BCUT2D eigenvalue weighted by Gasteiger charge is 2.15. The van der Waals surface area contributed by atoms with Gasteiger partial charge in [0.15, 0.2) is 0 Å². The Hall–Kier alpha value is -2.17. The van der Waals surface area contributed by atoms with Gasteiger partial charge >= 0.3 is 0 Å². The Morgan fingerprint density at radius 2 is 1.83 bits per heavy atom. The molecule has 118 valence electrons. The van der Waals surface area contributed by atoms with Gasteiger partial charge in [-0.15, -0.1) is 0 Å². The average Bonchev–Trinajstić information content (AvgIpc) is 3.03. The van der Waals surface area contributed by atoms with E-state index in [1.807, 2.05) is 42.9 Å². The molecule has 0 radical (unpaired) electrons. The molecule has 0 aliphatic rings. The predicted octanol–water partition coefficient (Wildman–Crippen LogP) is 4.32. The maximum absolute atomic E-state index is 5.97. The summed E-state index contributed by atoms with van der Waals surface area (Å²) in [7, 11) is 2.11. The van der Waals surface area contributed by atoms with Crippen molar-refractivity contribution in [3.63, 3.8) is 0 Å². The Kier molecular flexibility index (Phi) is 4.74. The van der Waals surface area contributed by atoms with E-state index in [0.29, 0.717) is 6.04 Å². The second kappa shape index (κ2) is 6.94. The zero-order valence-electron chi connectivity index (χ0n) is 13.2. The van der Waals surface area contributed by atoms with Gasteiger partial charge in [0.05, 0.1) is 11.9 Å². The molecule has 0 spiro atoms. The fourth-order valence-electron chi connectivity index (χ4n) is 2.60. The van der Waals surface area contributed by atoms with Gasteiger partial charge in [-0.2, -0.15) is 5.10 Å². The standard InChI is InChI=1S/C18H19ClN4/c1-13(14-7-9-20-10-8-14)23(2)12-16-11-21-22-18(16)15-3-5-17(19)6-4-15/h3-11,13H,12H2,1-2H3,(H,21,22). The minimum atomic E-state index is 0.297. The van der Waals surface area contributed by atoms with Crippen LogP contribution in [0.4, 0.5) is 0 Å². The predicted molar refractivity (Wildman–Crippen MR) is 93.2 cm³/mol. The molecule has 23 heavy (non-hydrogen) atoms. The van der Waals surface area contributed by atoms with Gasteiger partial charge < -0.3 is 0 Å². The quantitative estimate of drug-likeness (QED) is 0.759. The van der Waals surface area contributed by atoms with Crippen LogP contribution in [-0.2, 0) is 6.54 Å². The van der Waals surface area contributed by atoms with E-state index >= 15 is 0 Å². The molecule has 0 saturated carbocycles. The Morgan fingerprint density at radius 1 is 1.13 bits per heavy atom. The number of nitrogens with zero attached hydrogens (tertiary/aromatic N) is 3. The van der Waals surface area contributed by atoms with Gasteiger partial charge in [-0.25, -0.2) is 0 Å². The van der Waals surface area contributed by atoms with Crippen LogP contribution in [0.15, 0.2) is 55.0 Å². The number of pyridine rings is 1. The van der Waals surface area contributed by atoms with Gasteiger partial charge in [0.1, 0.15) is 0 Å². The average molecular weight is 327 g/mol. The lowest BCUT2D eigenvalue weighted by atomic mass is 10.1. The number of H-pyrrole nitrogens is 1. The number of aromatic amines is 1. The maximum Gasteiger partial charge on any atom is 0.0695 e. The summed E-state index contributed by atoms with van der Waals surface area (Å²) in [6, 6.07) is 12.2. The van der Waals surface area contributed by atoms with Crippen LogP contribution >= 0.6 is 11.6 Å². The van der Waals surface area contributed by atoms with Crippen molar-refractivity contribution < 1.29 is 0 Å². The number of aromatic nitrogens is 3. The number of benzene rings is 1. The largest absolute Gasteiger partial charge is 0.295 e. The molecule has 0 amide bonds. The van der Waals surface area contributed by atoms with E-state index in [2.05, 4.69) is 46.2 Å². The highest BCUT2D eigenvalue weighted by molar-refractivity contribution is 6.30. The molecule has 0 aliphatic heterocycles. The monoisotopic (exact) mass is 326 g/mol. The number of halogens is 1. The molecule has 1 unspecified atom stereocenters. The van der Waals surface area contributed by atoms with Crippen LogP contribution in [0.25, 0.3) is 11.3 Å². The lowest BCUT2D eigenvalue weighted by molar-refractivity contribution is 0.253. The highest BCUT2D eigenvalue weighted by atomic mass is 35.5. The van der Waals surface area contributed by atoms with Crippen molar-refractivity contribution in [1.29, 1.82) is 0 Å². The summed E-state index contributed by atoms with van der Waals surface area (Å²) in [6.07, 6.45) is 5.55. The molecule has 0 fully saturated rings. The lowest BCUT2D eigenvalue weighted by Crippen LogP contribution is -2.22. The molecule has 1 aromatic carbocycles. The molecule has 3 aromatic rings. The molecule has 4 nitrogen and oxygen atoms in total. The third kappa shape index (κ3) is 3.60. The van der Waals surface area contributed by atoms with Gasteiger partial charge in [0.25, 0.3) is 0 Å². The maximum atomic E-state index is 5.97. The number of nitrogens with one attached hydrogen (secondary N) is 1. The number of hydrogen-bond acceptors (Lipinski definition) is 3. The molecule has 1 atom stereocenters. The molecule has 2 aromatic heterocycles. The van der Waals surface area contributed by atoms with Crippen LogP contribution in [0.2, 0.25) is 5.02 Å². The van der Waals surface area contributed by atoms with Crippen LogP contribution < -0.4 is 0 Å². The fourth-order valence-corrected chi connectivity index (χ4v) is 2.73. The van der Waals surface area contributed by atoms with Gasteiger partial charge in [-0.05, 0) is 49.4 Å². The van der Waals surface area contributed by atoms with Crippen molar-refractivity contribution >= 4 is 11.6 Å². The SMILES string of the molecule is CC(c1ccncc1)N(C)Cc1cn[nH]c1-c1ccc(Cl)cc1. The summed E-state index contributed by atoms with van der Waals surface area (Å²) in [5.41, 5.74) is 4.54. The van der Waals surface area contributed by atoms with Crippen molar-refractivity contribution in [2.24, 2.45) is 0 Å². The topological polar surface area (TPSA) is 44.8 Å². The van der Waals surface area contributed by atoms with Crippen LogP contribution in [-0.4, -0.2) is 27.1 Å². The molecule has 0 aliphatic carbocycles. The molecular formula is C18H19ClN4. The molecule has 0 saturated heterocycles. The van der Waals surface area contributed by atoms with Crippen molar-refractivity contribution in [2.75, 3.05) is 7.05 Å². The van der Waals surface area contributed by atoms with E-state index in [4.69, 9.17) is 11.6 Å². The Labute approximate surface area is 141 Å². The second-order valence-electron chi connectivity index (χ2n) is 5.65. The summed E-state index contributed by atoms with van der Waals surface area (Å²) in [4.78, 5) is 6.37. The summed E-state index contributed by atoms with van der Waals surface area (Å²) >= 11 is 5.97. The minimum Gasteiger partial charge on any atom is -0.295 e. The first kappa shape index (κ1) is 15.7. The molecular weight excluding hydrogens is 308 g/mol. The van der Waals surface area contributed by atoms with Crippen LogP contribution in [0.3, 0.4) is 0 Å². The van der Waals surface area contributed by atoms with E-state index < -0.39 is 0 Å². The summed E-state index contributed by atoms with van der Waals surface area (Å²) in [5, 5.41) is 8.04. The third-order valence-corrected chi connectivity index (χ3v) is 4.37. The highest BCUT2D eigenvalue weighted by Crippen LogP contribution is 2.26. The first-order valence-corrected chi connectivity index (χ1v) is 7.91. The normalized spacial score (nSPS) is 12.5. The van der Waals surface area contributed by atoms with Crippen LogP contribution in [0.1, 0.15) is 24.1 Å². The van der Waals surface area contributed by atoms with Gasteiger partial charge in [-0.3, -0.25) is 15.0 Å². The molecule has 2 heterocycles. The number of hydrogen-bond donors (Lipinski definition) is 1. The van der Waals surface area contributed by atoms with Gasteiger partial charge in [0.2, 0.25) is 0 Å². The molecule has 3 rings (SSSR count). The first-order chi connectivity index (χ1) is 11.1. The van der Waals surface area contributed by atoms with E-state index in [1.54, 1.807) is 0 Å². The number of rotatable bonds is 5. The van der Waals surface area contributed by atoms with E-state index in [-0.39, 0.29) is 0 Å². The van der Waals surface area contributed by atoms with Gasteiger partial charge in [-0.1, -0.05) is 23.7 Å². The van der Waals surface area contributed by atoms with Gasteiger partial charge in [0, 0.05) is 35.6 Å². The van der Waals surface area contributed by atoms with E-state index in [9.17, 15) is 0 Å². The smallest absolute Gasteiger partial charge is 0.0695 e. The third-order valence-electron chi connectivity index (χ3n) is 4.12. The molecule has 1 N–H and O–H groups in total. The van der Waals surface area contributed by atoms with Crippen molar-refractivity contribution in [2.45, 2.75) is 19.5 Å². The Morgan fingerprint density at radius 3 is 2.52 bits per heavy atom. The zero-order valence-corrected chi connectivity index (χ0v) is 14.0. The van der Waals surface area contributed by atoms with Crippen molar-refractivity contribution in [3.8, 4) is 11.3 Å². The van der Waals surface area contributed by atoms with Crippen LogP contribution in [0.5, 0.6) is 0 Å². The zero-order chi connectivity index (χ0) is 16.2. The molecule has 5 heteroatoms. The summed E-state index contributed by atoms with van der Waals surface area (Å²) in [6.45, 7) is 3.00. The fraction of sp³-hybridized carbons (Fsp3) is 0.222. The van der Waals surface area contributed by atoms with E-state index in [0.717, 1.165) is 28.4 Å². The minimum absolute atomic E-state index is 0.297. The van der Waals surface area contributed by atoms with Crippen molar-refractivity contribution in [3.05, 3.63) is 71.1 Å². The first-order valence-electron chi connectivity index (χ1n) is 7.53. The Balaban J connectivity index is 1.78.